The van der Waals surface area contributed by atoms with Crippen molar-refractivity contribution in [1.82, 2.24) is 19.5 Å². The fourth-order valence-corrected chi connectivity index (χ4v) is 6.57. The van der Waals surface area contributed by atoms with Crippen LogP contribution in [0, 0.1) is 6.92 Å². The van der Waals surface area contributed by atoms with E-state index in [0.29, 0.717) is 12.5 Å². The molecule has 0 aliphatic carbocycles. The molecule has 0 amide bonds. The van der Waals surface area contributed by atoms with Crippen LogP contribution in [0.5, 0.6) is 0 Å². The van der Waals surface area contributed by atoms with Gasteiger partial charge in [0.25, 0.3) is 0 Å². The molecule has 1 N–H and O–H groups in total. The molecule has 4 aromatic rings. The van der Waals surface area contributed by atoms with Gasteiger partial charge in [0.1, 0.15) is 6.04 Å². The summed E-state index contributed by atoms with van der Waals surface area (Å²) in [4.78, 5) is 6.05. The average molecular weight is 494 g/mol. The number of para-hydroxylation sites is 1. The molecule has 0 spiro atoms. The fraction of sp³-hybridized carbons (Fsp3) is 0.360. The zero-order valence-corrected chi connectivity index (χ0v) is 20.3. The van der Waals surface area contributed by atoms with Gasteiger partial charge in [-0.2, -0.15) is 4.31 Å². The number of anilines is 1. The van der Waals surface area contributed by atoms with E-state index >= 15 is 0 Å². The van der Waals surface area contributed by atoms with Crippen LogP contribution in [0.3, 0.4) is 0 Å². The van der Waals surface area contributed by atoms with Crippen molar-refractivity contribution in [2.75, 3.05) is 37.7 Å². The molecule has 0 bridgehead atoms. The van der Waals surface area contributed by atoms with Crippen molar-refractivity contribution < 1.29 is 17.6 Å². The summed E-state index contributed by atoms with van der Waals surface area (Å²) in [5, 5.41) is 9.03. The molecule has 182 valence electrons. The van der Waals surface area contributed by atoms with Gasteiger partial charge < -0.3 is 19.0 Å². The summed E-state index contributed by atoms with van der Waals surface area (Å²) in [6, 6.07) is 14.9. The van der Waals surface area contributed by atoms with Crippen molar-refractivity contribution >= 4 is 26.6 Å². The van der Waals surface area contributed by atoms with Crippen molar-refractivity contribution in [3.63, 3.8) is 0 Å². The first kappa shape index (κ1) is 22.3. The second kappa shape index (κ2) is 8.78. The Bertz CT molecular complexity index is 1440. The van der Waals surface area contributed by atoms with Gasteiger partial charge in [0.05, 0.1) is 18.1 Å². The van der Waals surface area contributed by atoms with Gasteiger partial charge >= 0.3 is 0 Å². The zero-order chi connectivity index (χ0) is 24.0. The number of H-pyrrole nitrogens is 1. The molecule has 2 aliphatic heterocycles. The Morgan fingerprint density at radius 3 is 2.63 bits per heavy atom. The van der Waals surface area contributed by atoms with Gasteiger partial charge in [0, 0.05) is 54.4 Å². The topological polar surface area (TPSA) is 105 Å². The van der Waals surface area contributed by atoms with Gasteiger partial charge in [-0.1, -0.05) is 18.2 Å². The average Bonchev–Trinajstić information content (AvgIpc) is 3.64. The van der Waals surface area contributed by atoms with E-state index in [1.54, 1.807) is 19.1 Å². The smallest absolute Gasteiger partial charge is 0.243 e. The lowest BCUT2D eigenvalue weighted by Gasteiger charge is -2.32. The molecule has 2 aliphatic rings. The number of hydrogen-bond donors (Lipinski definition) is 1. The van der Waals surface area contributed by atoms with Crippen LogP contribution in [0.2, 0.25) is 0 Å². The van der Waals surface area contributed by atoms with Crippen molar-refractivity contribution in [2.24, 2.45) is 0 Å². The number of ether oxygens (including phenoxy) is 1. The summed E-state index contributed by atoms with van der Waals surface area (Å²) < 4.78 is 40.4. The summed E-state index contributed by atoms with van der Waals surface area (Å²) in [6.45, 7) is 4.29. The molecular weight excluding hydrogens is 466 g/mol. The summed E-state index contributed by atoms with van der Waals surface area (Å²) in [5.74, 6) is 0.634. The maximum Gasteiger partial charge on any atom is 0.243 e. The number of morpholine rings is 1. The zero-order valence-electron chi connectivity index (χ0n) is 19.5. The molecule has 2 fully saturated rings. The molecule has 1 atom stereocenters. The Morgan fingerprint density at radius 2 is 1.86 bits per heavy atom. The van der Waals surface area contributed by atoms with Crippen molar-refractivity contribution in [1.29, 1.82) is 0 Å². The predicted octanol–water partition coefficient (Wildman–Crippen LogP) is 3.89. The van der Waals surface area contributed by atoms with Crippen LogP contribution in [0.4, 0.5) is 5.69 Å². The van der Waals surface area contributed by atoms with Crippen molar-refractivity contribution in [3.8, 4) is 11.3 Å². The van der Waals surface area contributed by atoms with Gasteiger partial charge in [-0.25, -0.2) is 8.42 Å². The van der Waals surface area contributed by atoms with E-state index in [4.69, 9.17) is 9.15 Å². The van der Waals surface area contributed by atoms with Crippen molar-refractivity contribution in [3.05, 3.63) is 60.3 Å². The number of nitrogens with zero attached hydrogens (tertiary/aromatic N) is 4. The molecular formula is C25H27N5O4S. The summed E-state index contributed by atoms with van der Waals surface area (Å²) in [7, 11) is -3.86. The Balaban J connectivity index is 1.45. The number of aromatic nitrogens is 3. The maximum atomic E-state index is 13.9. The summed E-state index contributed by atoms with van der Waals surface area (Å²) in [6.07, 6.45) is 2.26. The minimum absolute atomic E-state index is 0.168. The molecule has 4 heterocycles. The molecule has 2 saturated heterocycles. The molecule has 10 heteroatoms. The molecule has 6 rings (SSSR count). The SMILES string of the molecule is Cc1nnc(C2COCCN2S(=O)(=O)c2ccc(N3CCCC3)c(-c3cc4ccccc4[nH]3)c2)o1. The van der Waals surface area contributed by atoms with Crippen LogP contribution in [0.1, 0.15) is 30.7 Å². The van der Waals surface area contributed by atoms with Crippen LogP contribution < -0.4 is 4.90 Å². The Kier molecular flexibility index (Phi) is 5.58. The van der Waals surface area contributed by atoms with E-state index in [0.717, 1.165) is 53.8 Å². The molecule has 0 saturated carbocycles. The largest absolute Gasteiger partial charge is 0.424 e. The monoisotopic (exact) mass is 493 g/mol. The normalized spacial score (nSPS) is 19.6. The number of aryl methyl sites for hydroxylation is 1. The quantitative estimate of drug-likeness (QED) is 0.450. The third-order valence-corrected chi connectivity index (χ3v) is 8.65. The molecule has 0 radical (unpaired) electrons. The first-order valence-corrected chi connectivity index (χ1v) is 13.3. The number of hydrogen-bond acceptors (Lipinski definition) is 7. The van der Waals surface area contributed by atoms with E-state index < -0.39 is 16.1 Å². The standard InChI is InChI=1S/C25H27N5O4S/c1-17-27-28-25(34-17)24-16-33-13-12-30(24)35(31,32)19-8-9-23(29-10-4-5-11-29)20(15-19)22-14-18-6-2-3-7-21(18)26-22/h2-3,6-9,14-15,24,26H,4-5,10-13,16H2,1H3. The predicted molar refractivity (Wildman–Crippen MR) is 132 cm³/mol. The number of aromatic amines is 1. The van der Waals surface area contributed by atoms with Crippen molar-refractivity contribution in [2.45, 2.75) is 30.7 Å². The first-order valence-electron chi connectivity index (χ1n) is 11.9. The van der Waals surface area contributed by atoms with Crippen LogP contribution >= 0.6 is 0 Å². The van der Waals surface area contributed by atoms with Crippen LogP contribution in [0.25, 0.3) is 22.2 Å². The van der Waals surface area contributed by atoms with E-state index in [9.17, 15) is 8.42 Å². The van der Waals surface area contributed by atoms with E-state index in [-0.39, 0.29) is 23.9 Å². The molecule has 35 heavy (non-hydrogen) atoms. The Labute approximate surface area is 203 Å². The highest BCUT2D eigenvalue weighted by atomic mass is 32.2. The first-order chi connectivity index (χ1) is 17.0. The lowest BCUT2D eigenvalue weighted by Crippen LogP contribution is -2.43. The lowest BCUT2D eigenvalue weighted by atomic mass is 10.1. The fourth-order valence-electron chi connectivity index (χ4n) is 5.00. The number of sulfonamides is 1. The number of fused-ring (bicyclic) bond motifs is 1. The Hall–Kier alpha value is -3.21. The highest BCUT2D eigenvalue weighted by molar-refractivity contribution is 7.89. The van der Waals surface area contributed by atoms with Crippen LogP contribution in [-0.4, -0.2) is 60.8 Å². The van der Waals surface area contributed by atoms with Crippen LogP contribution in [-0.2, 0) is 14.8 Å². The highest BCUT2D eigenvalue weighted by Crippen LogP contribution is 2.38. The second-order valence-electron chi connectivity index (χ2n) is 9.01. The highest BCUT2D eigenvalue weighted by Gasteiger charge is 2.38. The van der Waals surface area contributed by atoms with Gasteiger partial charge in [-0.3, -0.25) is 0 Å². The third kappa shape index (κ3) is 4.01. The minimum atomic E-state index is -3.86. The van der Waals surface area contributed by atoms with Gasteiger partial charge in [-0.15, -0.1) is 10.2 Å². The molecule has 2 aromatic heterocycles. The Morgan fingerprint density at radius 1 is 1.03 bits per heavy atom. The van der Waals surface area contributed by atoms with E-state index in [1.165, 1.54) is 4.31 Å². The van der Waals surface area contributed by atoms with Gasteiger partial charge in [0.2, 0.25) is 21.8 Å². The second-order valence-corrected chi connectivity index (χ2v) is 10.9. The molecule has 9 nitrogen and oxygen atoms in total. The molecule has 1 unspecified atom stereocenters. The maximum absolute atomic E-state index is 13.9. The minimum Gasteiger partial charge on any atom is -0.424 e. The number of benzene rings is 2. The van der Waals surface area contributed by atoms with Gasteiger partial charge in [0.15, 0.2) is 0 Å². The lowest BCUT2D eigenvalue weighted by molar-refractivity contribution is 0.0221. The summed E-state index contributed by atoms with van der Waals surface area (Å²) >= 11 is 0. The van der Waals surface area contributed by atoms with Crippen LogP contribution in [0.15, 0.2) is 57.8 Å². The van der Waals surface area contributed by atoms with E-state index in [1.807, 2.05) is 24.3 Å². The third-order valence-electron chi connectivity index (χ3n) is 6.75. The van der Waals surface area contributed by atoms with E-state index in [2.05, 4.69) is 32.2 Å². The van der Waals surface area contributed by atoms with Gasteiger partial charge in [-0.05, 0) is 43.2 Å². The number of nitrogens with one attached hydrogen (secondary N) is 1. The summed E-state index contributed by atoms with van der Waals surface area (Å²) in [5.41, 5.74) is 3.83. The molecule has 2 aromatic carbocycles. The number of rotatable bonds is 5.